The van der Waals surface area contributed by atoms with Crippen LogP contribution in [-0.2, 0) is 6.18 Å². The van der Waals surface area contributed by atoms with E-state index in [0.717, 1.165) is 34.5 Å². The number of hydrogen-bond donors (Lipinski definition) is 1. The lowest BCUT2D eigenvalue weighted by molar-refractivity contribution is -0.137. The number of imidazole rings is 1. The van der Waals surface area contributed by atoms with E-state index in [4.69, 9.17) is 0 Å². The van der Waals surface area contributed by atoms with Crippen molar-refractivity contribution < 1.29 is 13.2 Å². The summed E-state index contributed by atoms with van der Waals surface area (Å²) in [6.07, 6.45) is -1.07. The van der Waals surface area contributed by atoms with E-state index in [0.29, 0.717) is 0 Å². The Balaban J connectivity index is 2.06. The van der Waals surface area contributed by atoms with Crippen LogP contribution >= 0.6 is 0 Å². The number of H-pyrrole nitrogens is 1. The summed E-state index contributed by atoms with van der Waals surface area (Å²) in [6.45, 7) is 0. The zero-order valence-corrected chi connectivity index (χ0v) is 10.9. The van der Waals surface area contributed by atoms with E-state index < -0.39 is 11.7 Å². The number of nitrogens with zero attached hydrogens (tertiary/aromatic N) is 1. The number of rotatable bonds is 2. The average molecular weight is 288 g/mol. The van der Waals surface area contributed by atoms with Gasteiger partial charge in [-0.2, -0.15) is 13.2 Å². The Morgan fingerprint density at radius 2 is 1.52 bits per heavy atom. The van der Waals surface area contributed by atoms with Crippen molar-refractivity contribution in [3.63, 3.8) is 0 Å². The molecule has 3 aromatic rings. The molecule has 0 radical (unpaired) electrons. The van der Waals surface area contributed by atoms with Crippen LogP contribution in [0.15, 0.2) is 61.1 Å². The fourth-order valence-corrected chi connectivity index (χ4v) is 2.21. The fourth-order valence-electron chi connectivity index (χ4n) is 2.21. The molecule has 21 heavy (non-hydrogen) atoms. The van der Waals surface area contributed by atoms with Crippen LogP contribution in [-0.4, -0.2) is 9.97 Å². The van der Waals surface area contributed by atoms with Gasteiger partial charge >= 0.3 is 6.18 Å². The molecule has 1 aromatic heterocycles. The van der Waals surface area contributed by atoms with E-state index in [9.17, 15) is 13.2 Å². The summed E-state index contributed by atoms with van der Waals surface area (Å²) in [5.74, 6) is 0. The van der Waals surface area contributed by atoms with Gasteiger partial charge in [0.05, 0.1) is 23.8 Å². The molecule has 2 aromatic carbocycles. The number of aromatic nitrogens is 2. The van der Waals surface area contributed by atoms with Crippen LogP contribution in [0.25, 0.3) is 22.4 Å². The highest BCUT2D eigenvalue weighted by molar-refractivity contribution is 5.81. The van der Waals surface area contributed by atoms with E-state index >= 15 is 0 Å². The van der Waals surface area contributed by atoms with Crippen LogP contribution < -0.4 is 0 Å². The van der Waals surface area contributed by atoms with E-state index in [2.05, 4.69) is 9.97 Å². The largest absolute Gasteiger partial charge is 0.416 e. The molecule has 3 rings (SSSR count). The number of benzene rings is 2. The van der Waals surface area contributed by atoms with Gasteiger partial charge in [0.25, 0.3) is 0 Å². The van der Waals surface area contributed by atoms with Crippen LogP contribution in [0, 0.1) is 0 Å². The average Bonchev–Trinajstić information content (AvgIpc) is 3.01. The first-order valence-corrected chi connectivity index (χ1v) is 6.31. The highest BCUT2D eigenvalue weighted by atomic mass is 19.4. The second kappa shape index (κ2) is 5.09. The van der Waals surface area contributed by atoms with E-state index in [1.807, 2.05) is 24.3 Å². The molecule has 0 saturated carbocycles. The van der Waals surface area contributed by atoms with Gasteiger partial charge in [0.15, 0.2) is 0 Å². The van der Waals surface area contributed by atoms with Crippen LogP contribution in [0.5, 0.6) is 0 Å². The molecule has 1 N–H and O–H groups in total. The first-order valence-electron chi connectivity index (χ1n) is 6.31. The minimum absolute atomic E-state index is 0.648. The molecule has 0 spiro atoms. The van der Waals surface area contributed by atoms with E-state index in [1.54, 1.807) is 12.5 Å². The monoisotopic (exact) mass is 288 g/mol. The van der Waals surface area contributed by atoms with Gasteiger partial charge in [-0.3, -0.25) is 0 Å². The number of alkyl halides is 3. The molecule has 0 saturated heterocycles. The molecule has 0 atom stereocenters. The van der Waals surface area contributed by atoms with Crippen LogP contribution in [0.1, 0.15) is 5.56 Å². The summed E-state index contributed by atoms with van der Waals surface area (Å²) < 4.78 is 37.8. The second-order valence-corrected chi connectivity index (χ2v) is 4.59. The highest BCUT2D eigenvalue weighted by Crippen LogP contribution is 2.34. The molecule has 0 aliphatic carbocycles. The standard InChI is InChI=1S/C16H11F3N2/c17-16(18,19)12-7-5-11(6-8-12)13-3-1-2-4-14(13)15-9-20-10-21-15/h1-10H,(H,20,21). The molecule has 0 fully saturated rings. The molecule has 1 heterocycles. The zero-order chi connectivity index (χ0) is 14.9. The van der Waals surface area contributed by atoms with Crippen LogP contribution in [0.4, 0.5) is 13.2 Å². The second-order valence-electron chi connectivity index (χ2n) is 4.59. The normalized spacial score (nSPS) is 11.6. The fraction of sp³-hybridized carbons (Fsp3) is 0.0625. The maximum Gasteiger partial charge on any atom is 0.416 e. The summed E-state index contributed by atoms with van der Waals surface area (Å²) in [5.41, 5.74) is 2.66. The first-order chi connectivity index (χ1) is 10.1. The maximum absolute atomic E-state index is 12.6. The Hall–Kier alpha value is -2.56. The lowest BCUT2D eigenvalue weighted by Gasteiger charge is -2.10. The maximum atomic E-state index is 12.6. The summed E-state index contributed by atoms with van der Waals surface area (Å²) in [6, 6.07) is 12.7. The quantitative estimate of drug-likeness (QED) is 0.723. The van der Waals surface area contributed by atoms with Crippen molar-refractivity contribution in [1.82, 2.24) is 9.97 Å². The Labute approximate surface area is 119 Å². The van der Waals surface area contributed by atoms with Gasteiger partial charge in [0.1, 0.15) is 0 Å². The molecule has 106 valence electrons. The Morgan fingerprint density at radius 1 is 0.857 bits per heavy atom. The van der Waals surface area contributed by atoms with Gasteiger partial charge in [0.2, 0.25) is 0 Å². The number of hydrogen-bond acceptors (Lipinski definition) is 1. The predicted octanol–water partition coefficient (Wildman–Crippen LogP) is 4.76. The zero-order valence-electron chi connectivity index (χ0n) is 10.9. The third-order valence-electron chi connectivity index (χ3n) is 3.24. The topological polar surface area (TPSA) is 28.7 Å². The highest BCUT2D eigenvalue weighted by Gasteiger charge is 2.30. The predicted molar refractivity (Wildman–Crippen MR) is 74.5 cm³/mol. The van der Waals surface area contributed by atoms with Crippen molar-refractivity contribution in [2.45, 2.75) is 6.18 Å². The van der Waals surface area contributed by atoms with Crippen molar-refractivity contribution in [1.29, 1.82) is 0 Å². The van der Waals surface area contributed by atoms with E-state index in [1.165, 1.54) is 12.1 Å². The lowest BCUT2D eigenvalue weighted by atomic mass is 9.97. The molecule has 0 amide bonds. The molecule has 0 aliphatic heterocycles. The molecular formula is C16H11F3N2. The van der Waals surface area contributed by atoms with Crippen molar-refractivity contribution >= 4 is 0 Å². The number of nitrogens with one attached hydrogen (secondary N) is 1. The van der Waals surface area contributed by atoms with E-state index in [-0.39, 0.29) is 0 Å². The number of halogens is 3. The van der Waals surface area contributed by atoms with Crippen molar-refractivity contribution in [3.8, 4) is 22.4 Å². The van der Waals surface area contributed by atoms with Crippen LogP contribution in [0.3, 0.4) is 0 Å². The lowest BCUT2D eigenvalue weighted by Crippen LogP contribution is -2.04. The van der Waals surface area contributed by atoms with Gasteiger partial charge in [-0.15, -0.1) is 0 Å². The van der Waals surface area contributed by atoms with Gasteiger partial charge in [-0.1, -0.05) is 36.4 Å². The molecule has 2 nitrogen and oxygen atoms in total. The molecule has 0 aliphatic rings. The van der Waals surface area contributed by atoms with Crippen molar-refractivity contribution in [3.05, 3.63) is 66.6 Å². The third-order valence-corrected chi connectivity index (χ3v) is 3.24. The Kier molecular flexibility index (Phi) is 3.25. The third kappa shape index (κ3) is 2.67. The minimum atomic E-state index is -4.32. The van der Waals surface area contributed by atoms with Gasteiger partial charge in [-0.25, -0.2) is 4.98 Å². The molecular weight excluding hydrogens is 277 g/mol. The first kappa shape index (κ1) is 13.4. The molecule has 0 unspecified atom stereocenters. The summed E-state index contributed by atoms with van der Waals surface area (Å²) in [7, 11) is 0. The summed E-state index contributed by atoms with van der Waals surface area (Å²) >= 11 is 0. The molecule has 5 heteroatoms. The van der Waals surface area contributed by atoms with Gasteiger partial charge in [0, 0.05) is 5.56 Å². The Bertz CT molecular complexity index is 729. The van der Waals surface area contributed by atoms with Crippen molar-refractivity contribution in [2.75, 3.05) is 0 Å². The smallest absolute Gasteiger partial charge is 0.345 e. The summed E-state index contributed by atoms with van der Waals surface area (Å²) in [5, 5.41) is 0. The summed E-state index contributed by atoms with van der Waals surface area (Å²) in [4.78, 5) is 6.98. The van der Waals surface area contributed by atoms with Crippen LogP contribution in [0.2, 0.25) is 0 Å². The molecule has 0 bridgehead atoms. The van der Waals surface area contributed by atoms with Crippen molar-refractivity contribution in [2.24, 2.45) is 0 Å². The number of aromatic amines is 1. The van der Waals surface area contributed by atoms with Gasteiger partial charge < -0.3 is 4.98 Å². The SMILES string of the molecule is FC(F)(F)c1ccc(-c2ccccc2-c2cnc[nH]2)cc1. The minimum Gasteiger partial charge on any atom is -0.345 e. The van der Waals surface area contributed by atoms with Gasteiger partial charge in [-0.05, 0) is 23.3 Å². The Morgan fingerprint density at radius 3 is 2.10 bits per heavy atom.